The Kier molecular flexibility index (Phi) is 3.66. The van der Waals surface area contributed by atoms with Crippen molar-refractivity contribution in [2.45, 2.75) is 26.3 Å². The first kappa shape index (κ1) is 11.3. The standard InChI is InChI=1S/C9H12BrN5O/c1-2-8-12-13-9(16-8)6-15-5-7(3-4-10)11-14-15/h5H,2-4,6H2,1H3. The average Bonchev–Trinajstić information content (AvgIpc) is 2.89. The molecule has 0 bridgehead atoms. The van der Waals surface area contributed by atoms with Gasteiger partial charge in [-0.15, -0.1) is 15.3 Å². The maximum Gasteiger partial charge on any atom is 0.237 e. The van der Waals surface area contributed by atoms with Crippen molar-refractivity contribution in [2.75, 3.05) is 5.33 Å². The van der Waals surface area contributed by atoms with E-state index in [2.05, 4.69) is 36.4 Å². The molecule has 16 heavy (non-hydrogen) atoms. The smallest absolute Gasteiger partial charge is 0.237 e. The van der Waals surface area contributed by atoms with Crippen LogP contribution in [0.5, 0.6) is 0 Å². The van der Waals surface area contributed by atoms with Gasteiger partial charge in [-0.1, -0.05) is 28.1 Å². The van der Waals surface area contributed by atoms with E-state index in [1.807, 2.05) is 13.1 Å². The third-order valence-electron chi connectivity index (χ3n) is 2.05. The maximum absolute atomic E-state index is 5.39. The van der Waals surface area contributed by atoms with Crippen molar-refractivity contribution in [3.05, 3.63) is 23.7 Å². The molecule has 0 fully saturated rings. The minimum Gasteiger partial charge on any atom is -0.423 e. The molecule has 0 atom stereocenters. The van der Waals surface area contributed by atoms with Crippen molar-refractivity contribution in [2.24, 2.45) is 0 Å². The third kappa shape index (κ3) is 2.66. The summed E-state index contributed by atoms with van der Waals surface area (Å²) >= 11 is 3.36. The summed E-state index contributed by atoms with van der Waals surface area (Å²) in [6, 6.07) is 0. The highest BCUT2D eigenvalue weighted by Crippen LogP contribution is 2.03. The molecule has 2 aromatic heterocycles. The van der Waals surface area contributed by atoms with Gasteiger partial charge in [0.15, 0.2) is 0 Å². The van der Waals surface area contributed by atoms with Crippen LogP contribution in [0.2, 0.25) is 0 Å². The van der Waals surface area contributed by atoms with E-state index < -0.39 is 0 Å². The first-order valence-electron chi connectivity index (χ1n) is 5.08. The van der Waals surface area contributed by atoms with Gasteiger partial charge in [0, 0.05) is 24.4 Å². The molecule has 6 nitrogen and oxygen atoms in total. The zero-order valence-corrected chi connectivity index (χ0v) is 10.5. The molecule has 2 heterocycles. The summed E-state index contributed by atoms with van der Waals surface area (Å²) in [4.78, 5) is 0. The van der Waals surface area contributed by atoms with Gasteiger partial charge in [-0.3, -0.25) is 0 Å². The quantitative estimate of drug-likeness (QED) is 0.773. The lowest BCUT2D eigenvalue weighted by atomic mass is 10.4. The number of rotatable bonds is 5. The van der Waals surface area contributed by atoms with E-state index >= 15 is 0 Å². The minimum absolute atomic E-state index is 0.474. The van der Waals surface area contributed by atoms with Crippen LogP contribution >= 0.6 is 15.9 Å². The third-order valence-corrected chi connectivity index (χ3v) is 2.44. The largest absolute Gasteiger partial charge is 0.423 e. The lowest BCUT2D eigenvalue weighted by molar-refractivity contribution is 0.430. The van der Waals surface area contributed by atoms with Crippen molar-refractivity contribution in [1.82, 2.24) is 25.2 Å². The Labute approximate surface area is 101 Å². The Morgan fingerprint density at radius 2 is 2.12 bits per heavy atom. The number of hydrogen-bond donors (Lipinski definition) is 0. The van der Waals surface area contributed by atoms with Crippen molar-refractivity contribution in [3.8, 4) is 0 Å². The van der Waals surface area contributed by atoms with E-state index in [4.69, 9.17) is 4.42 Å². The monoisotopic (exact) mass is 285 g/mol. The fourth-order valence-electron chi connectivity index (χ4n) is 1.26. The molecule has 0 radical (unpaired) electrons. The van der Waals surface area contributed by atoms with Crippen LogP contribution in [0.25, 0.3) is 0 Å². The van der Waals surface area contributed by atoms with Gasteiger partial charge >= 0.3 is 0 Å². The predicted octanol–water partition coefficient (Wildman–Crippen LogP) is 1.21. The molecule has 0 aliphatic rings. The highest BCUT2D eigenvalue weighted by molar-refractivity contribution is 9.09. The summed E-state index contributed by atoms with van der Waals surface area (Å²) in [7, 11) is 0. The van der Waals surface area contributed by atoms with Gasteiger partial charge in [0.05, 0.1) is 5.69 Å². The zero-order valence-electron chi connectivity index (χ0n) is 8.93. The van der Waals surface area contributed by atoms with Crippen LogP contribution in [-0.2, 0) is 19.4 Å². The summed E-state index contributed by atoms with van der Waals surface area (Å²) in [5.74, 6) is 1.21. The summed E-state index contributed by atoms with van der Waals surface area (Å²) in [6.45, 7) is 2.45. The first-order valence-corrected chi connectivity index (χ1v) is 6.20. The molecule has 0 saturated carbocycles. The van der Waals surface area contributed by atoms with E-state index in [-0.39, 0.29) is 0 Å². The number of halogens is 1. The van der Waals surface area contributed by atoms with E-state index in [1.165, 1.54) is 0 Å². The van der Waals surface area contributed by atoms with Crippen molar-refractivity contribution >= 4 is 15.9 Å². The molecule has 0 unspecified atom stereocenters. The van der Waals surface area contributed by atoms with E-state index in [1.54, 1.807) is 4.68 Å². The van der Waals surface area contributed by atoms with Crippen molar-refractivity contribution in [1.29, 1.82) is 0 Å². The molecule has 0 aromatic carbocycles. The number of alkyl halides is 1. The SMILES string of the molecule is CCc1nnc(Cn2cc(CCBr)nn2)o1. The predicted molar refractivity (Wildman–Crippen MR) is 60.3 cm³/mol. The molecular weight excluding hydrogens is 274 g/mol. The van der Waals surface area contributed by atoms with Crippen molar-refractivity contribution in [3.63, 3.8) is 0 Å². The maximum atomic E-state index is 5.39. The lowest BCUT2D eigenvalue weighted by Gasteiger charge is -1.92. The molecule has 0 aliphatic heterocycles. The molecule has 0 saturated heterocycles. The second kappa shape index (κ2) is 5.20. The Morgan fingerprint density at radius 1 is 1.31 bits per heavy atom. The van der Waals surface area contributed by atoms with Crippen LogP contribution in [0.4, 0.5) is 0 Å². The van der Waals surface area contributed by atoms with Gasteiger partial charge in [0.25, 0.3) is 0 Å². The van der Waals surface area contributed by atoms with Gasteiger partial charge in [0.2, 0.25) is 11.8 Å². The van der Waals surface area contributed by atoms with E-state index in [0.29, 0.717) is 18.3 Å². The molecular formula is C9H12BrN5O. The number of aromatic nitrogens is 5. The Balaban J connectivity index is 2.02. The second-order valence-corrected chi connectivity index (χ2v) is 4.08. The average molecular weight is 286 g/mol. The Bertz CT molecular complexity index is 452. The van der Waals surface area contributed by atoms with Crippen LogP contribution in [-0.4, -0.2) is 30.5 Å². The molecule has 0 N–H and O–H groups in total. The summed E-state index contributed by atoms with van der Waals surface area (Å²) in [5.41, 5.74) is 0.951. The summed E-state index contributed by atoms with van der Waals surface area (Å²) in [5, 5.41) is 16.7. The molecule has 2 aromatic rings. The number of hydrogen-bond acceptors (Lipinski definition) is 5. The van der Waals surface area contributed by atoms with Gasteiger partial charge in [-0.2, -0.15) is 0 Å². The topological polar surface area (TPSA) is 69.6 Å². The summed E-state index contributed by atoms with van der Waals surface area (Å²) in [6.07, 6.45) is 3.50. The lowest BCUT2D eigenvalue weighted by Crippen LogP contribution is -2.00. The molecule has 0 aliphatic carbocycles. The molecule has 2 rings (SSSR count). The van der Waals surface area contributed by atoms with Gasteiger partial charge in [0.1, 0.15) is 6.54 Å². The van der Waals surface area contributed by atoms with E-state index in [0.717, 1.165) is 23.9 Å². The molecule has 0 spiro atoms. The van der Waals surface area contributed by atoms with Crippen LogP contribution < -0.4 is 0 Å². The summed E-state index contributed by atoms with van der Waals surface area (Å²) < 4.78 is 7.09. The fraction of sp³-hybridized carbons (Fsp3) is 0.556. The number of aryl methyl sites for hydroxylation is 2. The van der Waals surface area contributed by atoms with Crippen LogP contribution in [0, 0.1) is 0 Å². The van der Waals surface area contributed by atoms with Crippen molar-refractivity contribution < 1.29 is 4.42 Å². The fourth-order valence-corrected chi connectivity index (χ4v) is 1.67. The van der Waals surface area contributed by atoms with Crippen LogP contribution in [0.1, 0.15) is 24.4 Å². The van der Waals surface area contributed by atoms with Crippen LogP contribution in [0.15, 0.2) is 10.6 Å². The highest BCUT2D eigenvalue weighted by Gasteiger charge is 2.06. The minimum atomic E-state index is 0.474. The zero-order chi connectivity index (χ0) is 11.4. The van der Waals surface area contributed by atoms with E-state index in [9.17, 15) is 0 Å². The van der Waals surface area contributed by atoms with Gasteiger partial charge in [-0.05, 0) is 0 Å². The first-order chi connectivity index (χ1) is 7.81. The highest BCUT2D eigenvalue weighted by atomic mass is 79.9. The van der Waals surface area contributed by atoms with Gasteiger partial charge in [-0.25, -0.2) is 4.68 Å². The Hall–Kier alpha value is -1.24. The molecule has 86 valence electrons. The van der Waals surface area contributed by atoms with Gasteiger partial charge < -0.3 is 4.42 Å². The van der Waals surface area contributed by atoms with Crippen LogP contribution in [0.3, 0.4) is 0 Å². The molecule has 0 amide bonds. The molecule has 7 heteroatoms. The Morgan fingerprint density at radius 3 is 2.81 bits per heavy atom. The number of nitrogens with zero attached hydrogens (tertiary/aromatic N) is 5. The second-order valence-electron chi connectivity index (χ2n) is 3.29. The normalized spacial score (nSPS) is 10.9.